The summed E-state index contributed by atoms with van der Waals surface area (Å²) in [6.45, 7) is 0. The van der Waals surface area contributed by atoms with Gasteiger partial charge in [-0.2, -0.15) is 10.5 Å². The number of nitriles is 2. The van der Waals surface area contributed by atoms with E-state index in [1.165, 1.54) is 36.4 Å². The average Bonchev–Trinajstić information content (AvgIpc) is 2.55. The van der Waals surface area contributed by atoms with Gasteiger partial charge in [0.05, 0.1) is 24.0 Å². The molecule has 2 nitrogen and oxygen atoms in total. The molecule has 25 heavy (non-hydrogen) atoms. The molecule has 1 fully saturated rings. The Bertz CT molecular complexity index is 849. The highest BCUT2D eigenvalue weighted by Gasteiger charge is 2.40. The van der Waals surface area contributed by atoms with E-state index in [0.29, 0.717) is 21.2 Å². The van der Waals surface area contributed by atoms with Crippen LogP contribution in [0.4, 0.5) is 8.78 Å². The topological polar surface area (TPSA) is 47.6 Å². The van der Waals surface area contributed by atoms with Crippen LogP contribution in [0.3, 0.4) is 0 Å². The number of benzene rings is 2. The molecule has 128 valence electrons. The minimum Gasteiger partial charge on any atom is -0.207 e. The van der Waals surface area contributed by atoms with Gasteiger partial charge in [-0.05, 0) is 66.8 Å². The molecule has 0 heterocycles. The van der Waals surface area contributed by atoms with Crippen molar-refractivity contribution >= 4 is 23.2 Å². The fourth-order valence-electron chi connectivity index (χ4n) is 2.60. The summed E-state index contributed by atoms with van der Waals surface area (Å²) < 4.78 is 25.5. The smallest absolute Gasteiger partial charge is 0.123 e. The van der Waals surface area contributed by atoms with E-state index in [9.17, 15) is 8.78 Å². The van der Waals surface area contributed by atoms with Gasteiger partial charge in [-0.1, -0.05) is 23.2 Å². The van der Waals surface area contributed by atoms with Gasteiger partial charge in [-0.3, -0.25) is 0 Å². The summed E-state index contributed by atoms with van der Waals surface area (Å²) in [6, 6.07) is 12.3. The second kappa shape index (κ2) is 8.30. The van der Waals surface area contributed by atoms with E-state index in [4.69, 9.17) is 33.7 Å². The van der Waals surface area contributed by atoms with Crippen LogP contribution in [0.5, 0.6) is 0 Å². The molecule has 0 N–H and O–H groups in total. The Morgan fingerprint density at radius 2 is 1.56 bits per heavy atom. The maximum absolute atomic E-state index is 13.0. The van der Waals surface area contributed by atoms with Crippen LogP contribution in [0.2, 0.25) is 10.0 Å². The minimum absolute atomic E-state index is 0.149. The van der Waals surface area contributed by atoms with Crippen LogP contribution in [-0.4, -0.2) is 0 Å². The Morgan fingerprint density at radius 3 is 2.08 bits per heavy atom. The number of nitrogens with zero attached hydrogens (tertiary/aromatic N) is 2. The molecule has 0 aromatic heterocycles. The molecule has 0 saturated heterocycles. The third-order valence-corrected chi connectivity index (χ3v) is 4.84. The van der Waals surface area contributed by atoms with Crippen LogP contribution in [0.25, 0.3) is 0 Å². The van der Waals surface area contributed by atoms with Gasteiger partial charge in [0.25, 0.3) is 0 Å². The first-order valence-corrected chi connectivity index (χ1v) is 8.35. The molecule has 0 atom stereocenters. The molecule has 2 aromatic rings. The molecule has 2 aromatic carbocycles. The van der Waals surface area contributed by atoms with Crippen LogP contribution in [0, 0.1) is 34.3 Å². The zero-order valence-corrected chi connectivity index (χ0v) is 14.7. The van der Waals surface area contributed by atoms with Crippen LogP contribution >= 0.6 is 23.2 Å². The average molecular weight is 379 g/mol. The normalized spacial score (nSPS) is 14.3. The lowest BCUT2D eigenvalue weighted by Crippen LogP contribution is -2.32. The van der Waals surface area contributed by atoms with Gasteiger partial charge in [0.15, 0.2) is 0 Å². The Kier molecular flexibility index (Phi) is 6.37. The zero-order chi connectivity index (χ0) is 18.4. The van der Waals surface area contributed by atoms with Crippen molar-refractivity contribution in [1.29, 1.82) is 10.5 Å². The van der Waals surface area contributed by atoms with E-state index >= 15 is 0 Å². The fourth-order valence-corrected chi connectivity index (χ4v) is 3.08. The monoisotopic (exact) mass is 378 g/mol. The van der Waals surface area contributed by atoms with Crippen LogP contribution in [0.1, 0.15) is 30.4 Å². The van der Waals surface area contributed by atoms with Gasteiger partial charge in [-0.15, -0.1) is 0 Å². The second-order valence-electron chi connectivity index (χ2n) is 5.74. The van der Waals surface area contributed by atoms with Gasteiger partial charge in [0, 0.05) is 10.0 Å². The highest BCUT2D eigenvalue weighted by molar-refractivity contribution is 6.31. The molecule has 3 rings (SSSR count). The number of rotatable bonds is 2. The molecule has 0 spiro atoms. The summed E-state index contributed by atoms with van der Waals surface area (Å²) in [6.07, 6.45) is 2.73. The lowest BCUT2D eigenvalue weighted by Gasteiger charge is -2.36. The molecule has 0 aliphatic heterocycles. The third-order valence-electron chi connectivity index (χ3n) is 4.14. The van der Waals surface area contributed by atoms with Gasteiger partial charge < -0.3 is 0 Å². The molecule has 0 radical (unpaired) electrons. The first-order valence-electron chi connectivity index (χ1n) is 7.59. The van der Waals surface area contributed by atoms with Crippen LogP contribution < -0.4 is 0 Å². The van der Waals surface area contributed by atoms with Crippen molar-refractivity contribution in [2.75, 3.05) is 0 Å². The quantitative estimate of drug-likeness (QED) is 0.645. The summed E-state index contributed by atoms with van der Waals surface area (Å²) in [5.74, 6) is -0.689. The van der Waals surface area contributed by atoms with Crippen molar-refractivity contribution in [2.24, 2.45) is 0 Å². The van der Waals surface area contributed by atoms with Crippen molar-refractivity contribution in [3.05, 3.63) is 69.2 Å². The molecule has 1 aliphatic rings. The molecule has 1 saturated carbocycles. The molecule has 0 unspecified atom stereocenters. The maximum Gasteiger partial charge on any atom is 0.123 e. The van der Waals surface area contributed by atoms with E-state index in [1.807, 2.05) is 6.07 Å². The van der Waals surface area contributed by atoms with Gasteiger partial charge in [-0.25, -0.2) is 8.78 Å². The van der Waals surface area contributed by atoms with Crippen LogP contribution in [-0.2, 0) is 11.8 Å². The maximum atomic E-state index is 13.0. The van der Waals surface area contributed by atoms with E-state index in [0.717, 1.165) is 19.3 Å². The minimum atomic E-state index is -0.529. The molecule has 0 bridgehead atoms. The number of halogens is 4. The largest absolute Gasteiger partial charge is 0.207 e. The zero-order valence-electron chi connectivity index (χ0n) is 13.2. The highest BCUT2D eigenvalue weighted by Crippen LogP contribution is 2.45. The van der Waals surface area contributed by atoms with Crippen molar-refractivity contribution < 1.29 is 8.78 Å². The van der Waals surface area contributed by atoms with E-state index < -0.39 is 5.41 Å². The molecule has 6 heteroatoms. The van der Waals surface area contributed by atoms with Gasteiger partial charge >= 0.3 is 0 Å². The van der Waals surface area contributed by atoms with Crippen LogP contribution in [0.15, 0.2) is 36.4 Å². The predicted octanol–water partition coefficient (Wildman–Crippen LogP) is 5.97. The van der Waals surface area contributed by atoms with Crippen molar-refractivity contribution in [3.8, 4) is 12.1 Å². The SMILES string of the molecule is N#CC1(c2cc(F)ccc2Cl)CCC1.N#CCc1cc(F)ccc1Cl. The van der Waals surface area contributed by atoms with Crippen molar-refractivity contribution in [3.63, 3.8) is 0 Å². The fraction of sp³-hybridized carbons (Fsp3) is 0.263. The Balaban J connectivity index is 0.000000186. The van der Waals surface area contributed by atoms with Crippen molar-refractivity contribution in [2.45, 2.75) is 31.1 Å². The summed E-state index contributed by atoms with van der Waals surface area (Å²) in [5, 5.41) is 18.3. The number of hydrogen-bond donors (Lipinski definition) is 0. The Morgan fingerprint density at radius 1 is 0.960 bits per heavy atom. The van der Waals surface area contributed by atoms with Gasteiger partial charge in [0.2, 0.25) is 0 Å². The van der Waals surface area contributed by atoms with E-state index in [2.05, 4.69) is 6.07 Å². The second-order valence-corrected chi connectivity index (χ2v) is 6.56. The van der Waals surface area contributed by atoms with Crippen molar-refractivity contribution in [1.82, 2.24) is 0 Å². The Hall–Kier alpha value is -2.14. The lowest BCUT2D eigenvalue weighted by molar-refractivity contribution is 0.323. The summed E-state index contributed by atoms with van der Waals surface area (Å²) >= 11 is 11.6. The first kappa shape index (κ1) is 19.2. The molecular weight excluding hydrogens is 365 g/mol. The highest BCUT2D eigenvalue weighted by atomic mass is 35.5. The molecule has 0 amide bonds. The molecule has 1 aliphatic carbocycles. The summed E-state index contributed by atoms with van der Waals surface area (Å²) in [4.78, 5) is 0. The predicted molar refractivity (Wildman–Crippen MR) is 93.3 cm³/mol. The van der Waals surface area contributed by atoms with Gasteiger partial charge in [0.1, 0.15) is 11.6 Å². The lowest BCUT2D eigenvalue weighted by atomic mass is 9.65. The van der Waals surface area contributed by atoms with E-state index in [-0.39, 0.29) is 18.1 Å². The Labute approximate surface area is 155 Å². The summed E-state index contributed by atoms with van der Waals surface area (Å²) in [7, 11) is 0. The standard InChI is InChI=1S/C11H9ClFN.C8H5ClFN/c12-10-3-2-8(13)6-9(10)11(7-14)4-1-5-11;9-8-2-1-7(10)5-6(8)3-4-11/h2-3,6H,1,4-5H2;1-2,5H,3H2. The molecular formula is C19H14Cl2F2N2. The summed E-state index contributed by atoms with van der Waals surface area (Å²) in [5.41, 5.74) is 0.654. The first-order chi connectivity index (χ1) is 11.9. The van der Waals surface area contributed by atoms with E-state index in [1.54, 1.807) is 0 Å². The number of hydrogen-bond acceptors (Lipinski definition) is 2. The third kappa shape index (κ3) is 4.48.